The fourth-order valence-corrected chi connectivity index (χ4v) is 2.55. The second-order valence-electron chi connectivity index (χ2n) is 6.31. The SMILES string of the molecule is Cc1ccc(Oc2cccc(CCNC(=O)C=Cc3ccc(F)cc3)c2)cn1. The first-order valence-corrected chi connectivity index (χ1v) is 8.99. The molecule has 3 aromatic rings. The van der Waals surface area contributed by atoms with Crippen LogP contribution in [0.25, 0.3) is 6.08 Å². The van der Waals surface area contributed by atoms with E-state index in [2.05, 4.69) is 10.3 Å². The van der Waals surface area contributed by atoms with Gasteiger partial charge in [-0.3, -0.25) is 9.78 Å². The molecular weight excluding hydrogens is 355 g/mol. The maximum atomic E-state index is 12.9. The highest BCUT2D eigenvalue weighted by molar-refractivity contribution is 5.91. The van der Waals surface area contributed by atoms with Crippen molar-refractivity contribution in [3.05, 3.63) is 95.6 Å². The molecule has 1 aromatic heterocycles. The number of halogens is 1. The monoisotopic (exact) mass is 376 g/mol. The van der Waals surface area contributed by atoms with Gasteiger partial charge in [-0.25, -0.2) is 4.39 Å². The van der Waals surface area contributed by atoms with E-state index in [1.165, 1.54) is 18.2 Å². The highest BCUT2D eigenvalue weighted by Crippen LogP contribution is 2.21. The summed E-state index contributed by atoms with van der Waals surface area (Å²) >= 11 is 0. The molecule has 2 aromatic carbocycles. The highest BCUT2D eigenvalue weighted by Gasteiger charge is 2.01. The second kappa shape index (κ2) is 9.46. The molecule has 0 radical (unpaired) electrons. The number of nitrogens with one attached hydrogen (secondary N) is 1. The minimum Gasteiger partial charge on any atom is -0.456 e. The summed E-state index contributed by atoms with van der Waals surface area (Å²) < 4.78 is 18.7. The Labute approximate surface area is 163 Å². The lowest BCUT2D eigenvalue weighted by Crippen LogP contribution is -2.23. The minimum absolute atomic E-state index is 0.192. The van der Waals surface area contributed by atoms with Gasteiger partial charge in [0.05, 0.1) is 6.20 Å². The lowest BCUT2D eigenvalue weighted by Gasteiger charge is -2.08. The molecule has 0 saturated carbocycles. The summed E-state index contributed by atoms with van der Waals surface area (Å²) in [5.41, 5.74) is 2.76. The van der Waals surface area contributed by atoms with Crippen LogP contribution in [0.5, 0.6) is 11.5 Å². The zero-order valence-electron chi connectivity index (χ0n) is 15.6. The van der Waals surface area contributed by atoms with E-state index in [1.54, 1.807) is 24.4 Å². The van der Waals surface area contributed by atoms with Crippen molar-refractivity contribution in [2.24, 2.45) is 0 Å². The van der Waals surface area contributed by atoms with Crippen LogP contribution < -0.4 is 10.1 Å². The maximum Gasteiger partial charge on any atom is 0.244 e. The summed E-state index contributed by atoms with van der Waals surface area (Å²) in [4.78, 5) is 16.1. The normalized spacial score (nSPS) is 10.8. The third-order valence-electron chi connectivity index (χ3n) is 4.03. The standard InChI is InChI=1S/C23H21FN2O2/c1-17-5-11-22(16-26-17)28-21-4-2-3-19(15-21)13-14-25-23(27)12-8-18-6-9-20(24)10-7-18/h2-12,15-16H,13-14H2,1H3,(H,25,27). The molecule has 0 unspecified atom stereocenters. The lowest BCUT2D eigenvalue weighted by atomic mass is 10.1. The van der Waals surface area contributed by atoms with Gasteiger partial charge in [-0.15, -0.1) is 0 Å². The van der Waals surface area contributed by atoms with Crippen molar-refractivity contribution in [2.75, 3.05) is 6.54 Å². The van der Waals surface area contributed by atoms with Gasteiger partial charge in [0, 0.05) is 18.3 Å². The van der Waals surface area contributed by atoms with Crippen LogP contribution in [-0.2, 0) is 11.2 Å². The van der Waals surface area contributed by atoms with Crippen LogP contribution in [0, 0.1) is 12.7 Å². The molecule has 0 aliphatic rings. The molecule has 5 heteroatoms. The quantitative estimate of drug-likeness (QED) is 0.609. The first-order chi connectivity index (χ1) is 13.6. The van der Waals surface area contributed by atoms with Crippen LogP contribution in [-0.4, -0.2) is 17.4 Å². The van der Waals surface area contributed by atoms with Crippen LogP contribution in [0.15, 0.2) is 72.9 Å². The van der Waals surface area contributed by atoms with E-state index in [0.717, 1.165) is 22.6 Å². The zero-order valence-corrected chi connectivity index (χ0v) is 15.6. The number of carbonyl (C=O) groups is 1. The number of pyridine rings is 1. The number of carbonyl (C=O) groups excluding carboxylic acids is 1. The Kier molecular flexibility index (Phi) is 6.52. The predicted molar refractivity (Wildman–Crippen MR) is 108 cm³/mol. The Morgan fingerprint density at radius 2 is 1.93 bits per heavy atom. The van der Waals surface area contributed by atoms with Crippen LogP contribution in [0.1, 0.15) is 16.8 Å². The van der Waals surface area contributed by atoms with Gasteiger partial charge in [-0.1, -0.05) is 24.3 Å². The summed E-state index contributed by atoms with van der Waals surface area (Å²) in [5.74, 6) is 0.918. The summed E-state index contributed by atoms with van der Waals surface area (Å²) in [6.07, 6.45) is 5.46. The molecule has 1 amide bonds. The van der Waals surface area contributed by atoms with Gasteiger partial charge < -0.3 is 10.1 Å². The molecule has 0 aliphatic heterocycles. The van der Waals surface area contributed by atoms with Gasteiger partial charge in [-0.05, 0) is 66.9 Å². The third kappa shape index (κ3) is 6.06. The third-order valence-corrected chi connectivity index (χ3v) is 4.03. The number of nitrogens with zero attached hydrogens (tertiary/aromatic N) is 1. The van der Waals surface area contributed by atoms with Crippen molar-refractivity contribution in [1.29, 1.82) is 0 Å². The number of aromatic nitrogens is 1. The van der Waals surface area contributed by atoms with Gasteiger partial charge in [0.25, 0.3) is 0 Å². The molecule has 0 spiro atoms. The number of aryl methyl sites for hydroxylation is 1. The maximum absolute atomic E-state index is 12.9. The number of hydrogen-bond acceptors (Lipinski definition) is 3. The molecule has 1 heterocycles. The van der Waals surface area contributed by atoms with Crippen molar-refractivity contribution in [3.63, 3.8) is 0 Å². The van der Waals surface area contributed by atoms with Crippen molar-refractivity contribution >= 4 is 12.0 Å². The Morgan fingerprint density at radius 3 is 2.68 bits per heavy atom. The molecule has 28 heavy (non-hydrogen) atoms. The Balaban J connectivity index is 1.48. The average molecular weight is 376 g/mol. The molecular formula is C23H21FN2O2. The van der Waals surface area contributed by atoms with Gasteiger partial charge in [-0.2, -0.15) is 0 Å². The Bertz CT molecular complexity index is 951. The summed E-state index contributed by atoms with van der Waals surface area (Å²) in [7, 11) is 0. The zero-order chi connectivity index (χ0) is 19.8. The fraction of sp³-hybridized carbons (Fsp3) is 0.130. The van der Waals surface area contributed by atoms with Gasteiger partial charge in [0.2, 0.25) is 5.91 Å². The first kappa shape index (κ1) is 19.3. The van der Waals surface area contributed by atoms with Crippen molar-refractivity contribution in [2.45, 2.75) is 13.3 Å². The lowest BCUT2D eigenvalue weighted by molar-refractivity contribution is -0.116. The number of hydrogen-bond donors (Lipinski definition) is 1. The van der Waals surface area contributed by atoms with Gasteiger partial charge in [0.15, 0.2) is 0 Å². The van der Waals surface area contributed by atoms with Crippen LogP contribution in [0.3, 0.4) is 0 Å². The smallest absolute Gasteiger partial charge is 0.244 e. The molecule has 142 valence electrons. The second-order valence-corrected chi connectivity index (χ2v) is 6.31. The predicted octanol–water partition coefficient (Wildman–Crippen LogP) is 4.69. The minimum atomic E-state index is -0.300. The summed E-state index contributed by atoms with van der Waals surface area (Å²) in [6.45, 7) is 2.43. The number of amides is 1. The average Bonchev–Trinajstić information content (AvgIpc) is 2.70. The molecule has 3 rings (SSSR count). The van der Waals surface area contributed by atoms with E-state index in [1.807, 2.05) is 43.3 Å². The molecule has 4 nitrogen and oxygen atoms in total. The van der Waals surface area contributed by atoms with Crippen molar-refractivity contribution < 1.29 is 13.9 Å². The molecule has 0 fully saturated rings. The summed E-state index contributed by atoms with van der Waals surface area (Å²) in [6, 6.07) is 17.5. The van der Waals surface area contributed by atoms with Gasteiger partial charge >= 0.3 is 0 Å². The van der Waals surface area contributed by atoms with E-state index >= 15 is 0 Å². The summed E-state index contributed by atoms with van der Waals surface area (Å²) in [5, 5.41) is 2.84. The van der Waals surface area contributed by atoms with E-state index in [9.17, 15) is 9.18 Å². The Morgan fingerprint density at radius 1 is 1.11 bits per heavy atom. The fourth-order valence-electron chi connectivity index (χ4n) is 2.55. The van der Waals surface area contributed by atoms with Gasteiger partial charge in [0.1, 0.15) is 17.3 Å². The van der Waals surface area contributed by atoms with Crippen LogP contribution >= 0.6 is 0 Å². The number of rotatable bonds is 7. The number of ether oxygens (including phenoxy) is 1. The van der Waals surface area contributed by atoms with E-state index in [-0.39, 0.29) is 11.7 Å². The molecule has 0 aliphatic carbocycles. The topological polar surface area (TPSA) is 51.2 Å². The Hall–Kier alpha value is -3.47. The van der Waals surface area contributed by atoms with Crippen LogP contribution in [0.4, 0.5) is 4.39 Å². The van der Waals surface area contributed by atoms with E-state index < -0.39 is 0 Å². The van der Waals surface area contributed by atoms with Crippen molar-refractivity contribution in [1.82, 2.24) is 10.3 Å². The van der Waals surface area contributed by atoms with Crippen LogP contribution in [0.2, 0.25) is 0 Å². The molecule has 0 atom stereocenters. The molecule has 0 bridgehead atoms. The van der Waals surface area contributed by atoms with Crippen molar-refractivity contribution in [3.8, 4) is 11.5 Å². The highest BCUT2D eigenvalue weighted by atomic mass is 19.1. The largest absolute Gasteiger partial charge is 0.456 e. The molecule has 1 N–H and O–H groups in total. The van der Waals surface area contributed by atoms with E-state index in [4.69, 9.17) is 4.74 Å². The number of benzene rings is 2. The molecule has 0 saturated heterocycles. The first-order valence-electron chi connectivity index (χ1n) is 8.99. The van der Waals surface area contributed by atoms with E-state index in [0.29, 0.717) is 18.7 Å².